The smallest absolute Gasteiger partial charge is 0.253 e. The first-order valence-corrected chi connectivity index (χ1v) is 10.2. The highest BCUT2D eigenvalue weighted by atomic mass is 32.1. The van der Waals surface area contributed by atoms with Gasteiger partial charge >= 0.3 is 0 Å². The minimum absolute atomic E-state index is 0.145. The topological polar surface area (TPSA) is 64.3 Å². The summed E-state index contributed by atoms with van der Waals surface area (Å²) in [5.74, 6) is 0.660. The van der Waals surface area contributed by atoms with Gasteiger partial charge in [-0.15, -0.1) is 11.3 Å². The van der Waals surface area contributed by atoms with Crippen LogP contribution in [0, 0.1) is 6.92 Å². The molecule has 1 heterocycles. The molecule has 0 unspecified atom stereocenters. The Bertz CT molecular complexity index is 949. The number of benzene rings is 1. The van der Waals surface area contributed by atoms with Gasteiger partial charge in [0.2, 0.25) is 0 Å². The molecule has 0 bridgehead atoms. The molecule has 0 fully saturated rings. The first-order valence-electron chi connectivity index (χ1n) is 9.43. The van der Waals surface area contributed by atoms with Crippen LogP contribution in [0.4, 0.5) is 0 Å². The van der Waals surface area contributed by atoms with Crippen LogP contribution >= 0.6 is 11.3 Å². The third-order valence-corrected chi connectivity index (χ3v) is 5.74. The number of amides is 1. The maximum Gasteiger partial charge on any atom is 0.253 e. The minimum atomic E-state index is -0.145. The molecule has 0 aliphatic heterocycles. The zero-order valence-electron chi connectivity index (χ0n) is 16.5. The summed E-state index contributed by atoms with van der Waals surface area (Å²) in [6.45, 7) is 6.66. The molecule has 2 aromatic rings. The summed E-state index contributed by atoms with van der Waals surface area (Å²) in [5.41, 5.74) is 11.0. The molecule has 1 amide bonds. The number of carbonyl (C=O) groups excluding carboxylic acids is 1. The number of carbonyl (C=O) groups is 1. The Labute approximate surface area is 170 Å². The van der Waals surface area contributed by atoms with Crippen LogP contribution < -0.4 is 15.8 Å². The summed E-state index contributed by atoms with van der Waals surface area (Å²) in [4.78, 5) is 13.6. The Morgan fingerprint density at radius 1 is 1.14 bits per heavy atom. The van der Waals surface area contributed by atoms with Crippen LogP contribution in [-0.4, -0.2) is 5.91 Å². The summed E-state index contributed by atoms with van der Waals surface area (Å²) in [6, 6.07) is 11.8. The van der Waals surface area contributed by atoms with E-state index < -0.39 is 0 Å². The molecular weight excluding hydrogens is 368 g/mol. The van der Waals surface area contributed by atoms with Gasteiger partial charge in [-0.2, -0.15) is 0 Å². The maximum absolute atomic E-state index is 12.6. The molecule has 4 nitrogen and oxygen atoms in total. The van der Waals surface area contributed by atoms with Gasteiger partial charge in [0, 0.05) is 17.0 Å². The van der Waals surface area contributed by atoms with E-state index in [-0.39, 0.29) is 5.91 Å². The van der Waals surface area contributed by atoms with Crippen LogP contribution in [0.3, 0.4) is 0 Å². The number of hydrogen-bond donors (Lipinski definition) is 2. The van der Waals surface area contributed by atoms with Crippen LogP contribution in [0.2, 0.25) is 0 Å². The van der Waals surface area contributed by atoms with E-state index in [9.17, 15) is 4.79 Å². The van der Waals surface area contributed by atoms with Crippen LogP contribution in [0.5, 0.6) is 10.8 Å². The Balaban J connectivity index is 1.60. The van der Waals surface area contributed by atoms with Gasteiger partial charge in [-0.3, -0.25) is 4.79 Å². The average molecular weight is 395 g/mol. The van der Waals surface area contributed by atoms with E-state index in [4.69, 9.17) is 10.5 Å². The van der Waals surface area contributed by atoms with Gasteiger partial charge in [0.15, 0.2) is 5.06 Å². The van der Waals surface area contributed by atoms with Crippen molar-refractivity contribution in [2.24, 2.45) is 5.73 Å². The third kappa shape index (κ3) is 4.93. The molecule has 0 spiro atoms. The summed E-state index contributed by atoms with van der Waals surface area (Å²) in [5, 5.41) is 3.77. The second-order valence-corrected chi connectivity index (χ2v) is 8.04. The van der Waals surface area contributed by atoms with E-state index in [1.54, 1.807) is 0 Å². The molecule has 0 saturated heterocycles. The fourth-order valence-electron chi connectivity index (χ4n) is 3.02. The zero-order chi connectivity index (χ0) is 20.1. The van der Waals surface area contributed by atoms with E-state index in [1.165, 1.54) is 28.0 Å². The first kappa shape index (κ1) is 20.0. The number of ether oxygens (including phenoxy) is 1. The fourth-order valence-corrected chi connectivity index (χ4v) is 3.83. The van der Waals surface area contributed by atoms with Crippen LogP contribution in [0.25, 0.3) is 0 Å². The number of allylic oxidation sites excluding steroid dienone is 3. The molecule has 1 aromatic carbocycles. The van der Waals surface area contributed by atoms with Gasteiger partial charge in [-0.05, 0) is 50.6 Å². The molecule has 3 N–H and O–H groups in total. The Morgan fingerprint density at radius 3 is 2.61 bits per heavy atom. The molecule has 1 aromatic heterocycles. The van der Waals surface area contributed by atoms with Crippen molar-refractivity contribution >= 4 is 17.2 Å². The molecule has 0 atom stereocenters. The van der Waals surface area contributed by atoms with Gasteiger partial charge in [-0.25, -0.2) is 0 Å². The van der Waals surface area contributed by atoms with Crippen molar-refractivity contribution < 1.29 is 9.53 Å². The Hall–Kier alpha value is -2.79. The molecular formula is C23H26N2O2S. The molecule has 3 rings (SSSR count). The van der Waals surface area contributed by atoms with Crippen molar-refractivity contribution in [3.63, 3.8) is 0 Å². The van der Waals surface area contributed by atoms with Crippen LogP contribution in [0.1, 0.15) is 37.1 Å². The largest absolute Gasteiger partial charge is 0.447 e. The van der Waals surface area contributed by atoms with E-state index in [0.717, 1.165) is 22.1 Å². The highest BCUT2D eigenvalue weighted by Gasteiger charge is 2.15. The summed E-state index contributed by atoms with van der Waals surface area (Å²) in [6.07, 6.45) is 5.38. The van der Waals surface area contributed by atoms with Crippen molar-refractivity contribution in [2.45, 2.75) is 40.2 Å². The molecule has 0 saturated carbocycles. The van der Waals surface area contributed by atoms with Crippen molar-refractivity contribution in [2.75, 3.05) is 0 Å². The number of hydrogen-bond acceptors (Lipinski definition) is 4. The lowest BCUT2D eigenvalue weighted by Gasteiger charge is -2.09. The number of rotatable bonds is 6. The second kappa shape index (κ2) is 8.93. The van der Waals surface area contributed by atoms with Gasteiger partial charge < -0.3 is 15.8 Å². The molecule has 1 aliphatic rings. The molecule has 0 radical (unpaired) electrons. The summed E-state index contributed by atoms with van der Waals surface area (Å²) >= 11 is 1.52. The third-order valence-electron chi connectivity index (χ3n) is 4.78. The van der Waals surface area contributed by atoms with Gasteiger partial charge in [0.1, 0.15) is 5.75 Å². The number of nitrogens with two attached hydrogens (primary N) is 1. The van der Waals surface area contributed by atoms with E-state index in [0.29, 0.717) is 24.2 Å². The van der Waals surface area contributed by atoms with E-state index in [1.807, 2.05) is 55.5 Å². The molecule has 5 heteroatoms. The van der Waals surface area contributed by atoms with Crippen molar-refractivity contribution in [3.8, 4) is 10.8 Å². The van der Waals surface area contributed by atoms with Crippen LogP contribution in [-0.2, 0) is 11.3 Å². The molecule has 28 heavy (non-hydrogen) atoms. The lowest BCUT2D eigenvalue weighted by atomic mass is 10.0. The predicted molar refractivity (Wildman–Crippen MR) is 115 cm³/mol. The van der Waals surface area contributed by atoms with Crippen molar-refractivity contribution in [1.82, 2.24) is 5.32 Å². The monoisotopic (exact) mass is 394 g/mol. The standard InChI is InChI=1S/C23H26N2O2S/c1-4-17-13-21(24)20(11-7-16(17)3)23(26)25-14-19-10-12-22(28-19)27-18-8-5-15(2)6-9-18/h5-12H,4,13-14,24H2,1-3H3,(H,25,26). The lowest BCUT2D eigenvalue weighted by molar-refractivity contribution is -0.117. The van der Waals surface area contributed by atoms with Gasteiger partial charge in [0.25, 0.3) is 5.91 Å². The summed E-state index contributed by atoms with van der Waals surface area (Å²) in [7, 11) is 0. The predicted octanol–water partition coefficient (Wildman–Crippen LogP) is 5.36. The summed E-state index contributed by atoms with van der Waals surface area (Å²) < 4.78 is 5.87. The zero-order valence-corrected chi connectivity index (χ0v) is 17.4. The number of nitrogens with one attached hydrogen (secondary N) is 1. The number of aryl methyl sites for hydroxylation is 1. The van der Waals surface area contributed by atoms with Crippen molar-refractivity contribution in [3.05, 3.63) is 81.4 Å². The fraction of sp³-hybridized carbons (Fsp3) is 0.261. The quantitative estimate of drug-likeness (QED) is 0.693. The van der Waals surface area contributed by atoms with E-state index in [2.05, 4.69) is 19.2 Å². The minimum Gasteiger partial charge on any atom is -0.447 e. The highest BCUT2D eigenvalue weighted by Crippen LogP contribution is 2.30. The van der Waals surface area contributed by atoms with Gasteiger partial charge in [0.05, 0.1) is 12.1 Å². The van der Waals surface area contributed by atoms with E-state index >= 15 is 0 Å². The average Bonchev–Trinajstić information content (AvgIpc) is 3.07. The van der Waals surface area contributed by atoms with Gasteiger partial charge in [-0.1, -0.05) is 41.8 Å². The Kier molecular flexibility index (Phi) is 6.37. The number of thiophene rings is 1. The highest BCUT2D eigenvalue weighted by molar-refractivity contribution is 7.13. The lowest BCUT2D eigenvalue weighted by Crippen LogP contribution is -2.25. The second-order valence-electron chi connectivity index (χ2n) is 6.91. The first-order chi connectivity index (χ1) is 13.5. The van der Waals surface area contributed by atoms with Crippen LogP contribution in [0.15, 0.2) is 71.0 Å². The Morgan fingerprint density at radius 2 is 1.89 bits per heavy atom. The molecule has 146 valence electrons. The SMILES string of the molecule is CCC1=C(C)C=CC(C(=O)NCc2ccc(Oc3ccc(C)cc3)s2)=C(N)C1. The molecule has 1 aliphatic carbocycles. The normalized spacial score (nSPS) is 14.2. The van der Waals surface area contributed by atoms with Crippen molar-refractivity contribution in [1.29, 1.82) is 0 Å². The maximum atomic E-state index is 12.6.